The number of methoxy groups -OCH3 is 1. The number of hydrogen-bond acceptors (Lipinski definition) is 3. The lowest BCUT2D eigenvalue weighted by molar-refractivity contribution is 0.249. The lowest BCUT2D eigenvalue weighted by atomic mass is 10.1. The molecule has 5 heteroatoms. The second kappa shape index (κ2) is 4.99. The summed E-state index contributed by atoms with van der Waals surface area (Å²) in [5.41, 5.74) is 8.83. The van der Waals surface area contributed by atoms with Crippen LogP contribution in [0.2, 0.25) is 0 Å². The van der Waals surface area contributed by atoms with Gasteiger partial charge in [-0.25, -0.2) is 10.2 Å². The standard InChI is InChI=1S/C10H13N3O2/c1-7-5-8(3-4-9(7)15-2)6-12-13-10(11)14/h3-6H,1-2H3,(H3,11,13,14). The Morgan fingerprint density at radius 1 is 1.60 bits per heavy atom. The molecule has 15 heavy (non-hydrogen) atoms. The minimum absolute atomic E-state index is 0.684. The molecule has 0 radical (unpaired) electrons. The molecule has 0 aromatic heterocycles. The molecule has 5 nitrogen and oxygen atoms in total. The Kier molecular flexibility index (Phi) is 3.68. The second-order valence-corrected chi connectivity index (χ2v) is 2.96. The predicted molar refractivity (Wildman–Crippen MR) is 58.0 cm³/mol. The van der Waals surface area contributed by atoms with E-state index in [0.717, 1.165) is 16.9 Å². The summed E-state index contributed by atoms with van der Waals surface area (Å²) in [6.45, 7) is 1.93. The Labute approximate surface area is 87.9 Å². The molecule has 0 saturated heterocycles. The third-order valence-electron chi connectivity index (χ3n) is 1.81. The molecule has 0 spiro atoms. The third kappa shape index (κ3) is 3.30. The third-order valence-corrected chi connectivity index (χ3v) is 1.81. The van der Waals surface area contributed by atoms with Gasteiger partial charge in [-0.3, -0.25) is 0 Å². The molecule has 1 aromatic rings. The molecule has 0 atom stereocenters. The fraction of sp³-hybridized carbons (Fsp3) is 0.200. The van der Waals surface area contributed by atoms with Crippen LogP contribution < -0.4 is 15.9 Å². The van der Waals surface area contributed by atoms with Gasteiger partial charge >= 0.3 is 6.03 Å². The summed E-state index contributed by atoms with van der Waals surface area (Å²) in [5, 5.41) is 3.65. The van der Waals surface area contributed by atoms with Gasteiger partial charge in [-0.2, -0.15) is 5.10 Å². The van der Waals surface area contributed by atoms with Crippen LogP contribution in [0.25, 0.3) is 0 Å². The number of carbonyl (C=O) groups excluding carboxylic acids is 1. The lowest BCUT2D eigenvalue weighted by Gasteiger charge is -2.04. The van der Waals surface area contributed by atoms with E-state index in [0.29, 0.717) is 0 Å². The highest BCUT2D eigenvalue weighted by Gasteiger charge is 1.97. The highest BCUT2D eigenvalue weighted by atomic mass is 16.5. The number of hydrazone groups is 1. The maximum atomic E-state index is 10.3. The van der Waals surface area contributed by atoms with Crippen LogP contribution in [-0.4, -0.2) is 19.4 Å². The molecular formula is C10H13N3O2. The van der Waals surface area contributed by atoms with Crippen LogP contribution in [-0.2, 0) is 0 Å². The Morgan fingerprint density at radius 3 is 2.87 bits per heavy atom. The van der Waals surface area contributed by atoms with Gasteiger partial charge in [0.25, 0.3) is 0 Å². The van der Waals surface area contributed by atoms with Crippen molar-refractivity contribution in [3.8, 4) is 5.75 Å². The first kappa shape index (κ1) is 11.0. The van der Waals surface area contributed by atoms with E-state index in [4.69, 9.17) is 10.5 Å². The SMILES string of the molecule is COc1ccc(C=NNC(N)=O)cc1C. The number of ether oxygens (including phenoxy) is 1. The molecule has 3 N–H and O–H groups in total. The number of urea groups is 1. The molecule has 0 bridgehead atoms. The van der Waals surface area contributed by atoms with Crippen LogP contribution in [0.1, 0.15) is 11.1 Å². The molecule has 80 valence electrons. The number of nitrogens with zero attached hydrogens (tertiary/aromatic N) is 1. The average Bonchev–Trinajstić information content (AvgIpc) is 2.17. The van der Waals surface area contributed by atoms with Gasteiger partial charge in [-0.15, -0.1) is 0 Å². The highest BCUT2D eigenvalue weighted by Crippen LogP contribution is 2.17. The molecule has 0 aliphatic carbocycles. The summed E-state index contributed by atoms with van der Waals surface area (Å²) < 4.78 is 5.11. The predicted octanol–water partition coefficient (Wildman–Crippen LogP) is 1.01. The monoisotopic (exact) mass is 207 g/mol. The van der Waals surface area contributed by atoms with Crippen molar-refractivity contribution in [3.05, 3.63) is 29.3 Å². The molecule has 0 fully saturated rings. The first-order chi connectivity index (χ1) is 7.13. The van der Waals surface area contributed by atoms with E-state index in [-0.39, 0.29) is 0 Å². The molecule has 0 unspecified atom stereocenters. The van der Waals surface area contributed by atoms with Crippen LogP contribution in [0.4, 0.5) is 4.79 Å². The van der Waals surface area contributed by atoms with E-state index < -0.39 is 6.03 Å². The van der Waals surface area contributed by atoms with Crippen LogP contribution in [0, 0.1) is 6.92 Å². The number of rotatable bonds is 3. The van der Waals surface area contributed by atoms with Crippen molar-refractivity contribution in [3.63, 3.8) is 0 Å². The van der Waals surface area contributed by atoms with E-state index >= 15 is 0 Å². The molecule has 2 amide bonds. The molecule has 0 heterocycles. The number of primary amides is 1. The number of benzene rings is 1. The molecule has 1 rings (SSSR count). The van der Waals surface area contributed by atoms with Gasteiger partial charge in [-0.05, 0) is 36.2 Å². The van der Waals surface area contributed by atoms with Crippen molar-refractivity contribution >= 4 is 12.2 Å². The van der Waals surface area contributed by atoms with Gasteiger partial charge in [0.1, 0.15) is 5.75 Å². The van der Waals surface area contributed by atoms with Crippen molar-refractivity contribution in [2.24, 2.45) is 10.8 Å². The van der Waals surface area contributed by atoms with E-state index in [1.165, 1.54) is 6.21 Å². The van der Waals surface area contributed by atoms with E-state index in [1.54, 1.807) is 7.11 Å². The second-order valence-electron chi connectivity index (χ2n) is 2.96. The largest absolute Gasteiger partial charge is 0.496 e. The quantitative estimate of drug-likeness (QED) is 0.573. The number of carbonyl (C=O) groups is 1. The van der Waals surface area contributed by atoms with Crippen molar-refractivity contribution in [1.82, 2.24) is 5.43 Å². The van der Waals surface area contributed by atoms with Crippen LogP contribution >= 0.6 is 0 Å². The fourth-order valence-electron chi connectivity index (χ4n) is 1.15. The van der Waals surface area contributed by atoms with Crippen molar-refractivity contribution in [1.29, 1.82) is 0 Å². The zero-order chi connectivity index (χ0) is 11.3. The summed E-state index contributed by atoms with van der Waals surface area (Å²) in [5.74, 6) is 0.815. The lowest BCUT2D eigenvalue weighted by Crippen LogP contribution is -2.24. The normalized spacial score (nSPS) is 10.3. The van der Waals surface area contributed by atoms with Crippen LogP contribution in [0.15, 0.2) is 23.3 Å². The highest BCUT2D eigenvalue weighted by molar-refractivity contribution is 5.82. The van der Waals surface area contributed by atoms with Crippen LogP contribution in [0.5, 0.6) is 5.75 Å². The molecule has 0 saturated carbocycles. The van der Waals surface area contributed by atoms with Gasteiger partial charge in [0.15, 0.2) is 0 Å². The molecule has 1 aromatic carbocycles. The van der Waals surface area contributed by atoms with Gasteiger partial charge in [0.05, 0.1) is 13.3 Å². The topological polar surface area (TPSA) is 76.7 Å². The number of nitrogens with two attached hydrogens (primary N) is 1. The summed E-state index contributed by atoms with van der Waals surface area (Å²) in [6, 6.07) is 4.88. The molecule has 0 aliphatic heterocycles. The zero-order valence-electron chi connectivity index (χ0n) is 8.65. The van der Waals surface area contributed by atoms with Crippen LogP contribution in [0.3, 0.4) is 0 Å². The molecule has 0 aliphatic rings. The summed E-state index contributed by atoms with van der Waals surface area (Å²) in [4.78, 5) is 10.3. The smallest absolute Gasteiger partial charge is 0.332 e. The van der Waals surface area contributed by atoms with Crippen molar-refractivity contribution in [2.45, 2.75) is 6.92 Å². The maximum Gasteiger partial charge on any atom is 0.332 e. The summed E-state index contributed by atoms with van der Waals surface area (Å²) >= 11 is 0. The van der Waals surface area contributed by atoms with Gasteiger partial charge in [0, 0.05) is 0 Å². The van der Waals surface area contributed by atoms with E-state index in [2.05, 4.69) is 10.5 Å². The first-order valence-electron chi connectivity index (χ1n) is 4.36. The van der Waals surface area contributed by atoms with Crippen molar-refractivity contribution < 1.29 is 9.53 Å². The summed E-state index contributed by atoms with van der Waals surface area (Å²) in [6.07, 6.45) is 1.51. The Balaban J connectivity index is 2.75. The fourth-order valence-corrected chi connectivity index (χ4v) is 1.15. The van der Waals surface area contributed by atoms with E-state index in [1.807, 2.05) is 25.1 Å². The minimum atomic E-state index is -0.684. The maximum absolute atomic E-state index is 10.3. The number of aryl methyl sites for hydroxylation is 1. The first-order valence-corrected chi connectivity index (χ1v) is 4.36. The Bertz CT molecular complexity index is 388. The number of hydrogen-bond donors (Lipinski definition) is 2. The van der Waals surface area contributed by atoms with E-state index in [9.17, 15) is 4.79 Å². The summed E-state index contributed by atoms with van der Waals surface area (Å²) in [7, 11) is 1.62. The average molecular weight is 207 g/mol. The van der Waals surface area contributed by atoms with Crippen molar-refractivity contribution in [2.75, 3.05) is 7.11 Å². The number of nitrogens with one attached hydrogen (secondary N) is 1. The Hall–Kier alpha value is -2.04. The van der Waals surface area contributed by atoms with Gasteiger partial charge in [-0.1, -0.05) is 0 Å². The minimum Gasteiger partial charge on any atom is -0.496 e. The zero-order valence-corrected chi connectivity index (χ0v) is 8.65. The Morgan fingerprint density at radius 2 is 2.33 bits per heavy atom. The number of amides is 2. The molecular weight excluding hydrogens is 194 g/mol. The van der Waals surface area contributed by atoms with Gasteiger partial charge < -0.3 is 10.5 Å². The van der Waals surface area contributed by atoms with Gasteiger partial charge in [0.2, 0.25) is 0 Å².